The van der Waals surface area contributed by atoms with Crippen LogP contribution in [-0.2, 0) is 0 Å². The fourth-order valence-corrected chi connectivity index (χ4v) is 1.81. The highest BCUT2D eigenvalue weighted by Crippen LogP contribution is 2.30. The van der Waals surface area contributed by atoms with Crippen LogP contribution in [0.15, 0.2) is 10.8 Å². The number of hydrogen-bond acceptors (Lipinski definition) is 4. The minimum absolute atomic E-state index is 0.0497. The molecule has 0 fully saturated rings. The number of nitrogens with zero attached hydrogens (tertiary/aromatic N) is 2. The maximum absolute atomic E-state index is 9.44. The van der Waals surface area contributed by atoms with Gasteiger partial charge < -0.3 is 10.4 Å². The van der Waals surface area contributed by atoms with Gasteiger partial charge in [0.2, 0.25) is 0 Å². The van der Waals surface area contributed by atoms with Crippen LogP contribution in [0.3, 0.4) is 0 Å². The van der Waals surface area contributed by atoms with Crippen molar-refractivity contribution in [1.29, 1.82) is 0 Å². The molecule has 0 aliphatic carbocycles. The molecule has 0 spiro atoms. The molecule has 1 rings (SSSR count). The van der Waals surface area contributed by atoms with Crippen molar-refractivity contribution in [2.45, 2.75) is 32.2 Å². The van der Waals surface area contributed by atoms with Gasteiger partial charge in [0, 0.05) is 0 Å². The predicted molar refractivity (Wildman–Crippen MR) is 68.8 cm³/mol. The third kappa shape index (κ3) is 2.84. The van der Waals surface area contributed by atoms with E-state index in [0.717, 1.165) is 12.8 Å². The van der Waals surface area contributed by atoms with E-state index in [2.05, 4.69) is 31.2 Å². The first-order chi connectivity index (χ1) is 7.58. The number of aromatic nitrogens is 2. The SMILES string of the molecule is CCC(CC)(CO)Nc1ncnc(Cl)c1Br. The second-order valence-corrected chi connectivity index (χ2v) is 4.75. The molecule has 0 unspecified atom stereocenters. The Balaban J connectivity index is 2.98. The largest absolute Gasteiger partial charge is 0.394 e. The van der Waals surface area contributed by atoms with Crippen LogP contribution in [0.2, 0.25) is 5.15 Å². The Morgan fingerprint density at radius 1 is 1.44 bits per heavy atom. The van der Waals surface area contributed by atoms with Gasteiger partial charge in [0.1, 0.15) is 17.3 Å². The quantitative estimate of drug-likeness (QED) is 0.821. The molecular formula is C10H15BrClN3O. The summed E-state index contributed by atoms with van der Waals surface area (Å²) in [7, 11) is 0. The van der Waals surface area contributed by atoms with Crippen LogP contribution >= 0.6 is 27.5 Å². The lowest BCUT2D eigenvalue weighted by Crippen LogP contribution is -2.41. The number of anilines is 1. The molecule has 0 saturated heterocycles. The van der Waals surface area contributed by atoms with Crippen LogP contribution < -0.4 is 5.32 Å². The number of halogens is 2. The molecule has 16 heavy (non-hydrogen) atoms. The van der Waals surface area contributed by atoms with Crippen molar-refractivity contribution < 1.29 is 5.11 Å². The summed E-state index contributed by atoms with van der Waals surface area (Å²) in [6.45, 7) is 4.08. The third-order valence-electron chi connectivity index (χ3n) is 2.79. The fraction of sp³-hybridized carbons (Fsp3) is 0.600. The van der Waals surface area contributed by atoms with Crippen LogP contribution in [0.25, 0.3) is 0 Å². The van der Waals surface area contributed by atoms with Crippen LogP contribution in [0.4, 0.5) is 5.82 Å². The Labute approximate surface area is 109 Å². The first-order valence-corrected chi connectivity index (χ1v) is 6.30. The summed E-state index contributed by atoms with van der Waals surface area (Å²) in [5, 5.41) is 13.0. The molecule has 1 aromatic rings. The zero-order valence-corrected chi connectivity index (χ0v) is 11.6. The number of aliphatic hydroxyl groups is 1. The summed E-state index contributed by atoms with van der Waals surface area (Å²) in [6.07, 6.45) is 2.99. The molecule has 2 N–H and O–H groups in total. The minimum atomic E-state index is -0.361. The van der Waals surface area contributed by atoms with Gasteiger partial charge in [-0.05, 0) is 28.8 Å². The van der Waals surface area contributed by atoms with E-state index < -0.39 is 0 Å². The number of nitrogens with one attached hydrogen (secondary N) is 1. The van der Waals surface area contributed by atoms with Gasteiger partial charge >= 0.3 is 0 Å². The Kier molecular flexibility index (Phi) is 4.95. The van der Waals surface area contributed by atoms with Crippen molar-refractivity contribution in [2.75, 3.05) is 11.9 Å². The zero-order chi connectivity index (χ0) is 12.2. The van der Waals surface area contributed by atoms with Gasteiger partial charge in [0.05, 0.1) is 16.6 Å². The third-order valence-corrected chi connectivity index (χ3v) is 4.05. The molecule has 6 heteroatoms. The van der Waals surface area contributed by atoms with Crippen molar-refractivity contribution >= 4 is 33.3 Å². The lowest BCUT2D eigenvalue weighted by molar-refractivity contribution is 0.202. The summed E-state index contributed by atoms with van der Waals surface area (Å²) in [5.74, 6) is 0.609. The summed E-state index contributed by atoms with van der Waals surface area (Å²) >= 11 is 9.19. The first-order valence-electron chi connectivity index (χ1n) is 5.13. The Bertz CT molecular complexity index is 350. The molecule has 0 aliphatic heterocycles. The van der Waals surface area contributed by atoms with E-state index in [-0.39, 0.29) is 12.1 Å². The van der Waals surface area contributed by atoms with E-state index in [9.17, 15) is 5.11 Å². The summed E-state index contributed by atoms with van der Waals surface area (Å²) in [4.78, 5) is 7.95. The highest BCUT2D eigenvalue weighted by molar-refractivity contribution is 9.10. The number of rotatable bonds is 5. The van der Waals surface area contributed by atoms with Crippen LogP contribution in [0, 0.1) is 0 Å². The second kappa shape index (κ2) is 5.80. The number of aliphatic hydroxyl groups excluding tert-OH is 1. The molecule has 0 aliphatic rings. The Morgan fingerprint density at radius 2 is 2.06 bits per heavy atom. The summed E-state index contributed by atoms with van der Waals surface area (Å²) in [6, 6.07) is 0. The van der Waals surface area contributed by atoms with Gasteiger partial charge in [-0.1, -0.05) is 25.4 Å². The predicted octanol–water partition coefficient (Wildman–Crippen LogP) is 2.86. The average molecular weight is 309 g/mol. The van der Waals surface area contributed by atoms with E-state index in [0.29, 0.717) is 15.4 Å². The minimum Gasteiger partial charge on any atom is -0.394 e. The molecule has 0 atom stereocenters. The van der Waals surface area contributed by atoms with Gasteiger partial charge in [-0.25, -0.2) is 9.97 Å². The monoisotopic (exact) mass is 307 g/mol. The van der Waals surface area contributed by atoms with E-state index >= 15 is 0 Å². The van der Waals surface area contributed by atoms with Crippen LogP contribution in [0.5, 0.6) is 0 Å². The van der Waals surface area contributed by atoms with Gasteiger partial charge in [-0.15, -0.1) is 0 Å². The molecule has 0 saturated carbocycles. The molecule has 4 nitrogen and oxygen atoms in total. The smallest absolute Gasteiger partial charge is 0.148 e. The normalized spacial score (nSPS) is 11.6. The van der Waals surface area contributed by atoms with Crippen molar-refractivity contribution in [3.8, 4) is 0 Å². The van der Waals surface area contributed by atoms with Gasteiger partial charge in [0.25, 0.3) is 0 Å². The van der Waals surface area contributed by atoms with Gasteiger partial charge in [0.15, 0.2) is 0 Å². The topological polar surface area (TPSA) is 58.0 Å². The maximum atomic E-state index is 9.44. The van der Waals surface area contributed by atoms with Gasteiger partial charge in [-0.3, -0.25) is 0 Å². The van der Waals surface area contributed by atoms with Crippen molar-refractivity contribution in [1.82, 2.24) is 9.97 Å². The lowest BCUT2D eigenvalue weighted by atomic mass is 9.94. The molecule has 1 aromatic heterocycles. The van der Waals surface area contributed by atoms with E-state index in [1.54, 1.807) is 0 Å². The average Bonchev–Trinajstić information content (AvgIpc) is 2.32. The van der Waals surface area contributed by atoms with Gasteiger partial charge in [-0.2, -0.15) is 0 Å². The first kappa shape index (κ1) is 13.7. The summed E-state index contributed by atoms with van der Waals surface area (Å²) < 4.78 is 0.622. The molecule has 0 amide bonds. The molecule has 1 heterocycles. The highest BCUT2D eigenvalue weighted by Gasteiger charge is 2.26. The fourth-order valence-electron chi connectivity index (χ4n) is 1.38. The van der Waals surface area contributed by atoms with Crippen molar-refractivity contribution in [3.63, 3.8) is 0 Å². The van der Waals surface area contributed by atoms with E-state index in [1.165, 1.54) is 6.33 Å². The second-order valence-electron chi connectivity index (χ2n) is 3.60. The van der Waals surface area contributed by atoms with E-state index in [4.69, 9.17) is 11.6 Å². The Morgan fingerprint density at radius 3 is 2.56 bits per heavy atom. The van der Waals surface area contributed by atoms with Crippen LogP contribution in [-0.4, -0.2) is 27.2 Å². The maximum Gasteiger partial charge on any atom is 0.148 e. The molecule has 90 valence electrons. The van der Waals surface area contributed by atoms with Crippen LogP contribution in [0.1, 0.15) is 26.7 Å². The standard InChI is InChI=1S/C10H15BrClN3O/c1-3-10(4-2,5-16)15-9-7(11)8(12)13-6-14-9/h6,16H,3-5H2,1-2H3,(H,13,14,15). The van der Waals surface area contributed by atoms with Crippen molar-refractivity contribution in [3.05, 3.63) is 16.0 Å². The summed E-state index contributed by atoms with van der Waals surface area (Å²) in [5.41, 5.74) is -0.361. The molecule has 0 bridgehead atoms. The lowest BCUT2D eigenvalue weighted by Gasteiger charge is -2.31. The molecular weight excluding hydrogens is 293 g/mol. The Hall–Kier alpha value is -0.390. The number of hydrogen-bond donors (Lipinski definition) is 2. The van der Waals surface area contributed by atoms with Crippen molar-refractivity contribution in [2.24, 2.45) is 0 Å². The highest BCUT2D eigenvalue weighted by atomic mass is 79.9. The zero-order valence-electron chi connectivity index (χ0n) is 9.30. The molecule has 0 aromatic carbocycles. The van der Waals surface area contributed by atoms with E-state index in [1.807, 2.05) is 13.8 Å². The molecule has 0 radical (unpaired) electrons.